The van der Waals surface area contributed by atoms with E-state index in [4.69, 9.17) is 9.57 Å². The van der Waals surface area contributed by atoms with Gasteiger partial charge in [0.2, 0.25) is 11.8 Å². The lowest BCUT2D eigenvalue weighted by atomic mass is 10.2. The molecule has 1 aromatic heterocycles. The summed E-state index contributed by atoms with van der Waals surface area (Å²) < 4.78 is 5.61. The first kappa shape index (κ1) is 16.7. The van der Waals surface area contributed by atoms with Crippen LogP contribution in [0.25, 0.3) is 0 Å². The molecular formula is C13H20N2O6. The molecule has 0 bridgehead atoms. The number of amides is 1. The average molecular weight is 300 g/mol. The molecule has 8 nitrogen and oxygen atoms in total. The van der Waals surface area contributed by atoms with Gasteiger partial charge in [-0.15, -0.1) is 4.73 Å². The highest BCUT2D eigenvalue weighted by atomic mass is 16.7. The molecule has 1 atom stereocenters. The molecule has 0 unspecified atom stereocenters. The fraction of sp³-hybridized carbons (Fsp3) is 0.538. The summed E-state index contributed by atoms with van der Waals surface area (Å²) in [5.41, 5.74) is -0.628. The minimum absolute atomic E-state index is 0.00343. The topological polar surface area (TPSA) is 110 Å². The van der Waals surface area contributed by atoms with E-state index in [1.165, 1.54) is 19.1 Å². The van der Waals surface area contributed by atoms with Gasteiger partial charge in [-0.2, -0.15) is 0 Å². The molecular weight excluding hydrogens is 280 g/mol. The van der Waals surface area contributed by atoms with Crippen LogP contribution >= 0.6 is 0 Å². The van der Waals surface area contributed by atoms with Gasteiger partial charge in [0.1, 0.15) is 5.60 Å². The normalized spacial score (nSPS) is 12.6. The summed E-state index contributed by atoms with van der Waals surface area (Å²) >= 11 is 0. The lowest BCUT2D eigenvalue weighted by Crippen LogP contribution is -2.38. The minimum atomic E-state index is -0.729. The Morgan fingerprint density at radius 1 is 1.29 bits per heavy atom. The fourth-order valence-electron chi connectivity index (χ4n) is 1.31. The van der Waals surface area contributed by atoms with E-state index in [0.717, 1.165) is 0 Å². The lowest BCUT2D eigenvalue weighted by molar-refractivity contribution is -0.149. The molecule has 0 spiro atoms. The zero-order valence-corrected chi connectivity index (χ0v) is 12.4. The number of aromatic hydroxyl groups is 2. The van der Waals surface area contributed by atoms with Crippen LogP contribution in [-0.4, -0.2) is 39.2 Å². The van der Waals surface area contributed by atoms with E-state index in [2.05, 4.69) is 5.32 Å². The molecule has 0 saturated heterocycles. The van der Waals surface area contributed by atoms with Gasteiger partial charge in [0.05, 0.1) is 5.92 Å². The summed E-state index contributed by atoms with van der Waals surface area (Å²) in [5.74, 6) is -2.24. The maximum Gasteiger partial charge on any atom is 0.407 e. The van der Waals surface area contributed by atoms with Crippen molar-refractivity contribution < 1.29 is 29.4 Å². The van der Waals surface area contributed by atoms with E-state index in [0.29, 0.717) is 4.73 Å². The number of hydrogen-bond donors (Lipinski definition) is 3. The van der Waals surface area contributed by atoms with Gasteiger partial charge in [-0.1, -0.05) is 6.92 Å². The van der Waals surface area contributed by atoms with Crippen molar-refractivity contribution in [3.63, 3.8) is 0 Å². The van der Waals surface area contributed by atoms with Crippen molar-refractivity contribution in [1.29, 1.82) is 0 Å². The molecule has 1 amide bonds. The smallest absolute Gasteiger partial charge is 0.407 e. The molecule has 8 heteroatoms. The van der Waals surface area contributed by atoms with Gasteiger partial charge in [0.25, 0.3) is 0 Å². The number of nitrogens with one attached hydrogen (secondary N) is 1. The first-order chi connectivity index (χ1) is 9.60. The van der Waals surface area contributed by atoms with Crippen molar-refractivity contribution in [2.45, 2.75) is 33.3 Å². The highest BCUT2D eigenvalue weighted by molar-refractivity contribution is 5.74. The SMILES string of the molecule is C[C@H](CNC(=O)OC(C)(C)C)C(=O)On1c(O)ccc1O. The Morgan fingerprint density at radius 2 is 1.81 bits per heavy atom. The Hall–Kier alpha value is -2.38. The van der Waals surface area contributed by atoms with Crippen molar-refractivity contribution in [2.24, 2.45) is 5.92 Å². The summed E-state index contributed by atoms with van der Waals surface area (Å²) in [6, 6.07) is 2.35. The number of rotatable bonds is 4. The Labute approximate surface area is 122 Å². The van der Waals surface area contributed by atoms with Gasteiger partial charge in [0.15, 0.2) is 0 Å². The molecule has 3 N–H and O–H groups in total. The van der Waals surface area contributed by atoms with Crippen molar-refractivity contribution in [2.75, 3.05) is 6.54 Å². The number of nitrogens with zero attached hydrogens (tertiary/aromatic N) is 1. The Kier molecular flexibility index (Phi) is 5.07. The van der Waals surface area contributed by atoms with Crippen molar-refractivity contribution in [3.05, 3.63) is 12.1 Å². The van der Waals surface area contributed by atoms with Crippen molar-refractivity contribution >= 4 is 12.1 Å². The third-order valence-corrected chi connectivity index (χ3v) is 2.33. The Bertz CT molecular complexity index is 498. The van der Waals surface area contributed by atoms with E-state index < -0.39 is 35.3 Å². The van der Waals surface area contributed by atoms with E-state index in [9.17, 15) is 19.8 Å². The van der Waals surface area contributed by atoms with Gasteiger partial charge < -0.3 is 25.1 Å². The second-order valence-corrected chi connectivity index (χ2v) is 5.54. The number of carbonyl (C=O) groups excluding carboxylic acids is 2. The molecule has 21 heavy (non-hydrogen) atoms. The van der Waals surface area contributed by atoms with Crippen LogP contribution in [0.3, 0.4) is 0 Å². The monoisotopic (exact) mass is 300 g/mol. The van der Waals surface area contributed by atoms with Crippen LogP contribution in [0.1, 0.15) is 27.7 Å². The van der Waals surface area contributed by atoms with Gasteiger partial charge >= 0.3 is 12.1 Å². The highest BCUT2D eigenvalue weighted by Crippen LogP contribution is 2.19. The maximum atomic E-state index is 11.8. The summed E-state index contributed by atoms with van der Waals surface area (Å²) in [4.78, 5) is 28.0. The van der Waals surface area contributed by atoms with Crippen LogP contribution < -0.4 is 10.2 Å². The predicted molar refractivity (Wildman–Crippen MR) is 72.7 cm³/mol. The first-order valence-electron chi connectivity index (χ1n) is 6.39. The highest BCUT2D eigenvalue weighted by Gasteiger charge is 2.21. The first-order valence-corrected chi connectivity index (χ1v) is 6.39. The van der Waals surface area contributed by atoms with Crippen LogP contribution in [0.2, 0.25) is 0 Å². The predicted octanol–water partition coefficient (Wildman–Crippen LogP) is 1.02. The maximum absolute atomic E-state index is 11.8. The van der Waals surface area contributed by atoms with Crippen LogP contribution in [0.15, 0.2) is 12.1 Å². The van der Waals surface area contributed by atoms with E-state index in [1.807, 2.05) is 0 Å². The molecule has 0 aliphatic carbocycles. The quantitative estimate of drug-likeness (QED) is 0.765. The number of hydrogen-bond acceptors (Lipinski definition) is 6. The van der Waals surface area contributed by atoms with Crippen LogP contribution in [-0.2, 0) is 9.53 Å². The molecule has 1 aromatic rings. The number of carbonyl (C=O) groups is 2. The van der Waals surface area contributed by atoms with Crippen molar-refractivity contribution in [3.8, 4) is 11.8 Å². The fourth-order valence-corrected chi connectivity index (χ4v) is 1.31. The number of ether oxygens (including phenoxy) is 1. The van der Waals surface area contributed by atoms with Crippen molar-refractivity contribution in [1.82, 2.24) is 10.0 Å². The molecule has 0 aliphatic rings. The standard InChI is InChI=1S/C13H20N2O6/c1-8(7-14-12(19)20-13(2,3)4)11(18)21-15-9(16)5-6-10(15)17/h5-6,8,16-17H,7H2,1-4H3,(H,14,19)/t8-/m1/s1. The zero-order valence-electron chi connectivity index (χ0n) is 12.4. The zero-order chi connectivity index (χ0) is 16.2. The molecule has 0 aliphatic heterocycles. The molecule has 0 radical (unpaired) electrons. The summed E-state index contributed by atoms with van der Waals surface area (Å²) in [6.07, 6.45) is -0.645. The minimum Gasteiger partial charge on any atom is -0.492 e. The second kappa shape index (κ2) is 6.38. The third kappa shape index (κ3) is 5.25. The number of alkyl carbamates (subject to hydrolysis) is 1. The van der Waals surface area contributed by atoms with Crippen LogP contribution in [0, 0.1) is 5.92 Å². The molecule has 1 rings (SSSR count). The molecule has 0 saturated carbocycles. The van der Waals surface area contributed by atoms with E-state index >= 15 is 0 Å². The summed E-state index contributed by atoms with van der Waals surface area (Å²) in [7, 11) is 0. The molecule has 1 heterocycles. The Morgan fingerprint density at radius 3 is 2.29 bits per heavy atom. The summed E-state index contributed by atoms with van der Waals surface area (Å²) in [5, 5.41) is 21.1. The summed E-state index contributed by atoms with van der Waals surface area (Å²) in [6.45, 7) is 6.69. The van der Waals surface area contributed by atoms with Crippen LogP contribution in [0.5, 0.6) is 11.8 Å². The van der Waals surface area contributed by atoms with E-state index in [1.54, 1.807) is 20.8 Å². The largest absolute Gasteiger partial charge is 0.492 e. The van der Waals surface area contributed by atoms with Gasteiger partial charge in [-0.05, 0) is 20.8 Å². The second-order valence-electron chi connectivity index (χ2n) is 5.54. The van der Waals surface area contributed by atoms with Gasteiger partial charge in [0, 0.05) is 18.7 Å². The third-order valence-electron chi connectivity index (χ3n) is 2.33. The molecule has 0 fully saturated rings. The average Bonchev–Trinajstić information content (AvgIpc) is 2.65. The number of aromatic nitrogens is 1. The van der Waals surface area contributed by atoms with Gasteiger partial charge in [-0.3, -0.25) is 0 Å². The van der Waals surface area contributed by atoms with Crippen LogP contribution in [0.4, 0.5) is 4.79 Å². The molecule has 0 aromatic carbocycles. The Balaban J connectivity index is 2.47. The van der Waals surface area contributed by atoms with E-state index in [-0.39, 0.29) is 6.54 Å². The molecule has 118 valence electrons. The lowest BCUT2D eigenvalue weighted by Gasteiger charge is -2.20. The van der Waals surface area contributed by atoms with Gasteiger partial charge in [-0.25, -0.2) is 9.59 Å².